The molecule has 1 N–H and O–H groups in total. The van der Waals surface area contributed by atoms with Crippen molar-refractivity contribution >= 4 is 58.6 Å². The van der Waals surface area contributed by atoms with Crippen molar-refractivity contribution in [2.24, 2.45) is 0 Å². The molecule has 2 aromatic rings. The van der Waals surface area contributed by atoms with E-state index >= 15 is 0 Å². The summed E-state index contributed by atoms with van der Waals surface area (Å²) < 4.78 is 76.3. The van der Waals surface area contributed by atoms with Crippen LogP contribution < -0.4 is 4.72 Å². The zero-order valence-electron chi connectivity index (χ0n) is 14.2. The fraction of sp³-hybridized carbons (Fsp3) is 0.250. The second-order valence-electron chi connectivity index (χ2n) is 6.27. The number of sulfonamides is 1. The van der Waals surface area contributed by atoms with Crippen molar-refractivity contribution in [3.05, 3.63) is 52.5 Å². The Bertz CT molecular complexity index is 1240. The molecule has 1 aliphatic heterocycles. The normalized spacial score (nSPS) is 19.4. The van der Waals surface area contributed by atoms with E-state index in [1.165, 1.54) is 36.4 Å². The zero-order valence-corrected chi connectivity index (χ0v) is 18.1. The molecule has 0 aromatic heterocycles. The van der Waals surface area contributed by atoms with Crippen LogP contribution in [-0.4, -0.2) is 42.0 Å². The lowest BCUT2D eigenvalue weighted by atomic mass is 10.3. The molecule has 1 heterocycles. The van der Waals surface area contributed by atoms with E-state index in [0.717, 1.165) is 6.07 Å². The minimum atomic E-state index is -4.14. The number of anilines is 1. The Morgan fingerprint density at radius 3 is 2.25 bits per heavy atom. The highest BCUT2D eigenvalue weighted by Gasteiger charge is 2.38. The van der Waals surface area contributed by atoms with Crippen molar-refractivity contribution in [2.45, 2.75) is 21.5 Å². The lowest BCUT2D eigenvalue weighted by Gasteiger charge is -2.13. The second-order valence-corrected chi connectivity index (χ2v) is 13.3. The fourth-order valence-corrected chi connectivity index (χ4v) is 8.91. The van der Waals surface area contributed by atoms with E-state index in [-0.39, 0.29) is 32.7 Å². The van der Waals surface area contributed by atoms with E-state index in [4.69, 9.17) is 23.2 Å². The molecule has 7 nitrogen and oxygen atoms in total. The van der Waals surface area contributed by atoms with Crippen molar-refractivity contribution in [2.75, 3.05) is 16.2 Å². The van der Waals surface area contributed by atoms with Gasteiger partial charge in [-0.3, -0.25) is 4.72 Å². The third-order valence-electron chi connectivity index (χ3n) is 4.25. The number of benzene rings is 2. The summed E-state index contributed by atoms with van der Waals surface area (Å²) in [7, 11) is -11.5. The molecule has 1 atom stereocenters. The van der Waals surface area contributed by atoms with E-state index in [0.29, 0.717) is 5.02 Å². The van der Waals surface area contributed by atoms with Crippen LogP contribution in [0.25, 0.3) is 0 Å². The number of halogens is 2. The van der Waals surface area contributed by atoms with Crippen LogP contribution in [0.4, 0.5) is 5.69 Å². The zero-order chi connectivity index (χ0) is 20.7. The van der Waals surface area contributed by atoms with Crippen molar-refractivity contribution in [3.8, 4) is 0 Å². The van der Waals surface area contributed by atoms with Crippen molar-refractivity contribution < 1.29 is 25.3 Å². The first-order chi connectivity index (χ1) is 12.9. The maximum absolute atomic E-state index is 12.7. The molecule has 2 aromatic carbocycles. The standard InChI is InChI=1S/C16H15Cl2NO6S3/c17-11-4-5-16(15(18)8-11)19-28(24,25)13-3-1-2-12(9-13)27(22,23)14-6-7-26(20,21)10-14/h1-5,8-9,14,19H,6-7,10H2/t14-/m0/s1. The molecule has 12 heteroatoms. The Morgan fingerprint density at radius 2 is 1.64 bits per heavy atom. The van der Waals surface area contributed by atoms with Crippen molar-refractivity contribution in [1.82, 2.24) is 0 Å². The summed E-state index contributed by atoms with van der Waals surface area (Å²) in [5, 5.41) is -0.683. The van der Waals surface area contributed by atoms with Crippen LogP contribution in [0.3, 0.4) is 0 Å². The van der Waals surface area contributed by atoms with Gasteiger partial charge in [-0.05, 0) is 42.8 Å². The summed E-state index contributed by atoms with van der Waals surface area (Å²) in [5.41, 5.74) is 0.0845. The highest BCUT2D eigenvalue weighted by molar-refractivity contribution is 7.96. The first-order valence-corrected chi connectivity index (χ1v) is 13.5. The molecule has 0 radical (unpaired) electrons. The molecule has 28 heavy (non-hydrogen) atoms. The number of nitrogens with one attached hydrogen (secondary N) is 1. The maximum Gasteiger partial charge on any atom is 0.261 e. The minimum Gasteiger partial charge on any atom is -0.278 e. The molecular formula is C16H15Cl2NO6S3. The summed E-state index contributed by atoms with van der Waals surface area (Å²) in [4.78, 5) is -0.542. The molecule has 0 amide bonds. The van der Waals surface area contributed by atoms with E-state index in [1.807, 2.05) is 0 Å². The Morgan fingerprint density at radius 1 is 0.964 bits per heavy atom. The Kier molecular flexibility index (Phi) is 5.72. The van der Waals surface area contributed by atoms with Gasteiger partial charge in [0.25, 0.3) is 10.0 Å². The first kappa shape index (κ1) is 21.4. The maximum atomic E-state index is 12.7. The third-order valence-corrected chi connectivity index (χ3v) is 10.3. The molecule has 152 valence electrons. The average Bonchev–Trinajstić information content (AvgIpc) is 2.98. The number of hydrogen-bond donors (Lipinski definition) is 1. The van der Waals surface area contributed by atoms with E-state index in [1.54, 1.807) is 0 Å². The SMILES string of the molecule is O=S1(=O)CC[C@H](S(=O)(=O)c2cccc(S(=O)(=O)Nc3ccc(Cl)cc3Cl)c2)C1. The molecule has 0 saturated carbocycles. The van der Waals surface area contributed by atoms with Gasteiger partial charge < -0.3 is 0 Å². The van der Waals surface area contributed by atoms with Gasteiger partial charge in [-0.15, -0.1) is 0 Å². The largest absolute Gasteiger partial charge is 0.278 e. The monoisotopic (exact) mass is 483 g/mol. The van der Waals surface area contributed by atoms with Gasteiger partial charge in [0, 0.05) is 5.02 Å². The van der Waals surface area contributed by atoms with Gasteiger partial charge >= 0.3 is 0 Å². The Hall–Kier alpha value is -1.33. The van der Waals surface area contributed by atoms with E-state index in [2.05, 4.69) is 4.72 Å². The van der Waals surface area contributed by atoms with Gasteiger partial charge in [0.1, 0.15) is 0 Å². The van der Waals surface area contributed by atoms with Gasteiger partial charge in [-0.1, -0.05) is 29.3 Å². The van der Waals surface area contributed by atoms with Crippen LogP contribution in [0.15, 0.2) is 52.3 Å². The quantitative estimate of drug-likeness (QED) is 0.698. The summed E-state index contributed by atoms with van der Waals surface area (Å²) in [6.45, 7) is 0. The topological polar surface area (TPSA) is 114 Å². The Balaban J connectivity index is 1.94. The molecule has 1 fully saturated rings. The van der Waals surface area contributed by atoms with Crippen LogP contribution in [0.2, 0.25) is 10.0 Å². The van der Waals surface area contributed by atoms with Crippen LogP contribution in [0, 0.1) is 0 Å². The summed E-state index contributed by atoms with van der Waals surface area (Å²) in [6.07, 6.45) is -0.0136. The predicted octanol–water partition coefficient (Wildman–Crippen LogP) is 2.76. The summed E-state index contributed by atoms with van der Waals surface area (Å²) in [6, 6.07) is 8.97. The smallest absolute Gasteiger partial charge is 0.261 e. The molecule has 1 saturated heterocycles. The molecule has 0 aliphatic carbocycles. The van der Waals surface area contributed by atoms with E-state index in [9.17, 15) is 25.3 Å². The number of hydrogen-bond acceptors (Lipinski definition) is 6. The second kappa shape index (κ2) is 7.49. The summed E-state index contributed by atoms with van der Waals surface area (Å²) >= 11 is 11.8. The number of sulfone groups is 2. The van der Waals surface area contributed by atoms with Gasteiger partial charge in [0.05, 0.1) is 37.3 Å². The molecule has 0 unspecified atom stereocenters. The lowest BCUT2D eigenvalue weighted by Crippen LogP contribution is -2.23. The van der Waals surface area contributed by atoms with Crippen molar-refractivity contribution in [1.29, 1.82) is 0 Å². The molecule has 0 bridgehead atoms. The lowest BCUT2D eigenvalue weighted by molar-refractivity contribution is 0.582. The van der Waals surface area contributed by atoms with Crippen LogP contribution in [0.1, 0.15) is 6.42 Å². The van der Waals surface area contributed by atoms with Gasteiger partial charge in [0.2, 0.25) is 0 Å². The third kappa shape index (κ3) is 4.46. The predicted molar refractivity (Wildman–Crippen MR) is 108 cm³/mol. The van der Waals surface area contributed by atoms with E-state index < -0.39 is 40.7 Å². The fourth-order valence-electron chi connectivity index (χ4n) is 2.79. The van der Waals surface area contributed by atoms with Gasteiger partial charge in [-0.2, -0.15) is 0 Å². The highest BCUT2D eigenvalue weighted by Crippen LogP contribution is 2.30. The molecular weight excluding hydrogens is 469 g/mol. The van der Waals surface area contributed by atoms with Crippen molar-refractivity contribution in [3.63, 3.8) is 0 Å². The van der Waals surface area contributed by atoms with Gasteiger partial charge in [-0.25, -0.2) is 25.3 Å². The van der Waals surface area contributed by atoms with Crippen LogP contribution in [-0.2, 0) is 29.7 Å². The first-order valence-electron chi connectivity index (χ1n) is 7.93. The van der Waals surface area contributed by atoms with Crippen LogP contribution in [0.5, 0.6) is 0 Å². The van der Waals surface area contributed by atoms with Crippen LogP contribution >= 0.6 is 23.2 Å². The Labute approximate surface area is 173 Å². The van der Waals surface area contributed by atoms with Gasteiger partial charge in [0.15, 0.2) is 19.7 Å². The number of rotatable bonds is 5. The minimum absolute atomic E-state index is 0.0136. The molecule has 0 spiro atoms. The molecule has 1 aliphatic rings. The highest BCUT2D eigenvalue weighted by atomic mass is 35.5. The average molecular weight is 484 g/mol. The molecule has 3 rings (SSSR count). The summed E-state index contributed by atoms with van der Waals surface area (Å²) in [5.74, 6) is -0.670.